The van der Waals surface area contributed by atoms with Gasteiger partial charge in [-0.25, -0.2) is 0 Å². The second-order valence-electron chi connectivity index (χ2n) is 6.22. The summed E-state index contributed by atoms with van der Waals surface area (Å²) in [6.45, 7) is 0.255. The molecule has 3 heterocycles. The Morgan fingerprint density at radius 3 is 2.88 bits per heavy atom. The number of H-pyrrole nitrogens is 1. The van der Waals surface area contributed by atoms with Gasteiger partial charge < -0.3 is 19.3 Å². The van der Waals surface area contributed by atoms with Crippen molar-refractivity contribution in [3.05, 3.63) is 59.3 Å². The number of fused-ring (bicyclic) bond motifs is 4. The summed E-state index contributed by atoms with van der Waals surface area (Å²) < 4.78 is 10.9. The second-order valence-corrected chi connectivity index (χ2v) is 6.22. The lowest BCUT2D eigenvalue weighted by Gasteiger charge is -2.29. The number of carbonyl (C=O) groups excluding carboxylic acids is 1. The van der Waals surface area contributed by atoms with Crippen molar-refractivity contribution in [1.29, 1.82) is 0 Å². The summed E-state index contributed by atoms with van der Waals surface area (Å²) in [4.78, 5) is 15.0. The van der Waals surface area contributed by atoms with Gasteiger partial charge in [-0.3, -0.25) is 5.32 Å². The highest BCUT2D eigenvalue weighted by molar-refractivity contribution is 5.86. The molecule has 5 nitrogen and oxygen atoms in total. The lowest BCUT2D eigenvalue weighted by Crippen LogP contribution is -2.40. The fourth-order valence-electron chi connectivity index (χ4n) is 3.71. The third-order valence-corrected chi connectivity index (χ3v) is 4.83. The molecule has 2 aromatic carbocycles. The van der Waals surface area contributed by atoms with Crippen LogP contribution in [0.4, 0.5) is 0 Å². The number of hydrogen-bond acceptors (Lipinski definition) is 4. The van der Waals surface area contributed by atoms with Gasteiger partial charge in [0, 0.05) is 16.6 Å². The number of ether oxygens (including phenoxy) is 2. The van der Waals surface area contributed by atoms with Crippen molar-refractivity contribution in [1.82, 2.24) is 10.3 Å². The molecule has 24 heavy (non-hydrogen) atoms. The van der Waals surface area contributed by atoms with E-state index in [-0.39, 0.29) is 18.9 Å². The van der Waals surface area contributed by atoms with Gasteiger partial charge in [0.2, 0.25) is 6.79 Å². The van der Waals surface area contributed by atoms with Gasteiger partial charge in [0.05, 0.1) is 12.1 Å². The zero-order chi connectivity index (χ0) is 16.1. The molecule has 5 rings (SSSR count). The molecule has 3 aromatic rings. The van der Waals surface area contributed by atoms with Crippen LogP contribution in [0.5, 0.6) is 11.5 Å². The molecule has 0 radical (unpaired) electrons. The largest absolute Gasteiger partial charge is 0.454 e. The van der Waals surface area contributed by atoms with Crippen molar-refractivity contribution in [2.45, 2.75) is 18.5 Å². The Balaban J connectivity index is 1.67. The molecule has 2 N–H and O–H groups in total. The summed E-state index contributed by atoms with van der Waals surface area (Å²) in [7, 11) is 0. The number of aldehydes is 1. The van der Waals surface area contributed by atoms with Gasteiger partial charge in [-0.15, -0.1) is 0 Å². The van der Waals surface area contributed by atoms with E-state index < -0.39 is 0 Å². The Morgan fingerprint density at radius 1 is 1.08 bits per heavy atom. The highest BCUT2D eigenvalue weighted by Gasteiger charge is 2.31. The van der Waals surface area contributed by atoms with Crippen LogP contribution in [0.25, 0.3) is 10.9 Å². The van der Waals surface area contributed by atoms with Crippen molar-refractivity contribution in [2.24, 2.45) is 0 Å². The van der Waals surface area contributed by atoms with Crippen molar-refractivity contribution in [3.8, 4) is 11.5 Å². The van der Waals surface area contributed by atoms with Gasteiger partial charge in [-0.2, -0.15) is 0 Å². The zero-order valence-electron chi connectivity index (χ0n) is 12.9. The average molecular weight is 320 g/mol. The SMILES string of the molecule is O=C[C@H]1Cc2c([nH]c3ccccc23)[C@@H](c2ccc3c(c2)OCO3)N1. The standard InChI is InChI=1S/C19H16N2O3/c22-9-12-8-14-13-3-1-2-4-15(13)21-19(14)18(20-12)11-5-6-16-17(7-11)24-10-23-16/h1-7,9,12,18,20-21H,8,10H2/t12-,18-/m1/s1. The first kappa shape index (κ1) is 13.6. The van der Waals surface area contributed by atoms with E-state index in [1.54, 1.807) is 0 Å². The molecule has 5 heteroatoms. The van der Waals surface area contributed by atoms with Crippen LogP contribution in [0.1, 0.15) is 22.9 Å². The topological polar surface area (TPSA) is 63.4 Å². The molecule has 0 bridgehead atoms. The number of carbonyl (C=O) groups is 1. The van der Waals surface area contributed by atoms with E-state index in [2.05, 4.69) is 22.4 Å². The summed E-state index contributed by atoms with van der Waals surface area (Å²) in [6.07, 6.45) is 1.69. The summed E-state index contributed by atoms with van der Waals surface area (Å²) in [5, 5.41) is 4.62. The van der Waals surface area contributed by atoms with E-state index in [0.29, 0.717) is 6.42 Å². The maximum atomic E-state index is 11.5. The number of rotatable bonds is 2. The molecule has 0 saturated heterocycles. The van der Waals surface area contributed by atoms with Gasteiger partial charge in [-0.05, 0) is 35.7 Å². The Kier molecular flexibility index (Phi) is 2.90. The quantitative estimate of drug-likeness (QED) is 0.713. The summed E-state index contributed by atoms with van der Waals surface area (Å²) >= 11 is 0. The number of para-hydroxylation sites is 1. The van der Waals surface area contributed by atoms with Crippen LogP contribution in [0, 0.1) is 0 Å². The predicted octanol–water partition coefficient (Wildman–Crippen LogP) is 2.70. The first-order chi connectivity index (χ1) is 11.8. The highest BCUT2D eigenvalue weighted by atomic mass is 16.7. The second kappa shape index (κ2) is 5.11. The predicted molar refractivity (Wildman–Crippen MR) is 89.4 cm³/mol. The minimum Gasteiger partial charge on any atom is -0.454 e. The minimum absolute atomic E-state index is 0.0779. The van der Waals surface area contributed by atoms with E-state index in [1.165, 1.54) is 10.9 Å². The third kappa shape index (κ3) is 1.95. The molecule has 0 saturated carbocycles. The van der Waals surface area contributed by atoms with Gasteiger partial charge in [0.15, 0.2) is 11.5 Å². The average Bonchev–Trinajstić information content (AvgIpc) is 3.24. The number of aromatic amines is 1. The molecule has 0 unspecified atom stereocenters. The third-order valence-electron chi connectivity index (χ3n) is 4.83. The monoisotopic (exact) mass is 320 g/mol. The van der Waals surface area contributed by atoms with Gasteiger partial charge >= 0.3 is 0 Å². The van der Waals surface area contributed by atoms with Crippen LogP contribution >= 0.6 is 0 Å². The number of benzene rings is 2. The zero-order valence-corrected chi connectivity index (χ0v) is 12.9. The Hall–Kier alpha value is -2.79. The fraction of sp³-hybridized carbons (Fsp3) is 0.211. The Labute approximate surface area is 138 Å². The number of hydrogen-bond donors (Lipinski definition) is 2. The maximum absolute atomic E-state index is 11.5. The van der Waals surface area contributed by atoms with Crippen molar-refractivity contribution >= 4 is 17.2 Å². The Morgan fingerprint density at radius 2 is 1.96 bits per heavy atom. The molecule has 2 atom stereocenters. The van der Waals surface area contributed by atoms with Crippen molar-refractivity contribution < 1.29 is 14.3 Å². The molecule has 120 valence electrons. The molecule has 0 amide bonds. The van der Waals surface area contributed by atoms with Crippen LogP contribution < -0.4 is 14.8 Å². The lowest BCUT2D eigenvalue weighted by molar-refractivity contribution is -0.109. The van der Waals surface area contributed by atoms with Gasteiger partial charge in [0.1, 0.15) is 6.29 Å². The van der Waals surface area contributed by atoms with Crippen molar-refractivity contribution in [3.63, 3.8) is 0 Å². The summed E-state index contributed by atoms with van der Waals surface area (Å²) in [6, 6.07) is 13.9. The number of nitrogens with one attached hydrogen (secondary N) is 2. The minimum atomic E-state index is -0.202. The van der Waals surface area contributed by atoms with Crippen LogP contribution in [-0.2, 0) is 11.2 Å². The molecule has 0 spiro atoms. The van der Waals surface area contributed by atoms with Crippen LogP contribution in [0.3, 0.4) is 0 Å². The molecule has 0 aliphatic carbocycles. The first-order valence-electron chi connectivity index (χ1n) is 8.04. The van der Waals surface area contributed by atoms with E-state index in [4.69, 9.17) is 9.47 Å². The lowest BCUT2D eigenvalue weighted by atomic mass is 9.90. The van der Waals surface area contributed by atoms with Gasteiger partial charge in [-0.1, -0.05) is 24.3 Å². The maximum Gasteiger partial charge on any atom is 0.231 e. The molecular formula is C19H16N2O3. The van der Waals surface area contributed by atoms with Gasteiger partial charge in [0.25, 0.3) is 0 Å². The Bertz CT molecular complexity index is 947. The van der Waals surface area contributed by atoms with Crippen LogP contribution in [0.15, 0.2) is 42.5 Å². The highest BCUT2D eigenvalue weighted by Crippen LogP contribution is 2.39. The van der Waals surface area contributed by atoms with Crippen molar-refractivity contribution in [2.75, 3.05) is 6.79 Å². The fourth-order valence-corrected chi connectivity index (χ4v) is 3.71. The number of aromatic nitrogens is 1. The summed E-state index contributed by atoms with van der Waals surface area (Å²) in [5.41, 5.74) is 4.48. The first-order valence-corrected chi connectivity index (χ1v) is 8.04. The van der Waals surface area contributed by atoms with E-state index in [0.717, 1.165) is 34.6 Å². The molecule has 1 aromatic heterocycles. The molecule has 2 aliphatic heterocycles. The molecular weight excluding hydrogens is 304 g/mol. The van der Waals surface area contributed by atoms with Crippen LogP contribution in [-0.4, -0.2) is 24.1 Å². The molecule has 0 fully saturated rings. The van der Waals surface area contributed by atoms with Crippen LogP contribution in [0.2, 0.25) is 0 Å². The van der Waals surface area contributed by atoms with E-state index in [1.807, 2.05) is 30.3 Å². The normalized spacial score (nSPS) is 21.7. The molecule has 2 aliphatic rings. The van der Waals surface area contributed by atoms with E-state index in [9.17, 15) is 4.79 Å². The smallest absolute Gasteiger partial charge is 0.231 e. The summed E-state index contributed by atoms with van der Waals surface area (Å²) in [5.74, 6) is 1.51. The van der Waals surface area contributed by atoms with E-state index >= 15 is 0 Å².